The molecule has 104 valence electrons. The van der Waals surface area contributed by atoms with Gasteiger partial charge in [0, 0.05) is 19.3 Å². The van der Waals surface area contributed by atoms with Crippen LogP contribution in [-0.2, 0) is 19.9 Å². The fourth-order valence-electron chi connectivity index (χ4n) is 2.26. The molecular weight excluding hydrogens is 254 g/mol. The van der Waals surface area contributed by atoms with Crippen molar-refractivity contribution in [2.24, 2.45) is 7.05 Å². The van der Waals surface area contributed by atoms with E-state index in [9.17, 15) is 0 Å². The topological polar surface area (TPSA) is 29.9 Å². The maximum atomic E-state index is 4.23. The molecule has 0 fully saturated rings. The molecule has 19 heavy (non-hydrogen) atoms. The van der Waals surface area contributed by atoms with E-state index in [2.05, 4.69) is 40.4 Å². The Balaban J connectivity index is 1.86. The zero-order valence-corrected chi connectivity index (χ0v) is 12.6. The highest BCUT2D eigenvalue weighted by Crippen LogP contribution is 2.12. The summed E-state index contributed by atoms with van der Waals surface area (Å²) in [4.78, 5) is 0. The molecule has 0 saturated carbocycles. The largest absolute Gasteiger partial charge is 0.314 e. The van der Waals surface area contributed by atoms with Crippen LogP contribution in [0.1, 0.15) is 30.9 Å². The van der Waals surface area contributed by atoms with Crippen LogP contribution in [0.15, 0.2) is 29.2 Å². The van der Waals surface area contributed by atoms with Crippen molar-refractivity contribution in [3.63, 3.8) is 0 Å². The minimum atomic E-state index is 0.565. The Bertz CT molecular complexity index is 461. The van der Waals surface area contributed by atoms with Crippen molar-refractivity contribution in [1.82, 2.24) is 15.1 Å². The highest BCUT2D eigenvalue weighted by atomic mass is 32.1. The molecule has 2 heterocycles. The molecule has 2 aromatic heterocycles. The smallest absolute Gasteiger partial charge is 0.0521 e. The Labute approximate surface area is 119 Å². The lowest BCUT2D eigenvalue weighted by Gasteiger charge is -2.17. The van der Waals surface area contributed by atoms with Gasteiger partial charge in [0.05, 0.1) is 6.20 Å². The predicted molar refractivity (Wildman–Crippen MR) is 81.6 cm³/mol. The molecular formula is C15H23N3S. The first kappa shape index (κ1) is 14.3. The number of nitrogens with one attached hydrogen (secondary N) is 1. The predicted octanol–water partition coefficient (Wildman–Crippen LogP) is 3.03. The molecule has 0 saturated heterocycles. The second-order valence-corrected chi connectivity index (χ2v) is 5.83. The standard InChI is InChI=1S/C15H23N3S/c1-3-7-16-15(9-13-6-8-19-12-13)5-4-14-10-17-18(2)11-14/h6,8,10-12,15-16H,3-5,7,9H2,1-2H3. The molecule has 0 aliphatic heterocycles. The van der Waals surface area contributed by atoms with E-state index < -0.39 is 0 Å². The Kier molecular flexibility index (Phi) is 5.61. The van der Waals surface area contributed by atoms with Crippen molar-refractivity contribution in [2.45, 2.75) is 38.6 Å². The third-order valence-electron chi connectivity index (χ3n) is 3.29. The van der Waals surface area contributed by atoms with Crippen LogP contribution in [0, 0.1) is 0 Å². The number of rotatable bonds is 8. The van der Waals surface area contributed by atoms with Gasteiger partial charge in [0.15, 0.2) is 0 Å². The molecule has 0 spiro atoms. The number of hydrogen-bond donors (Lipinski definition) is 1. The van der Waals surface area contributed by atoms with E-state index in [-0.39, 0.29) is 0 Å². The molecule has 0 aliphatic rings. The van der Waals surface area contributed by atoms with E-state index in [4.69, 9.17) is 0 Å². The molecule has 2 aromatic rings. The van der Waals surface area contributed by atoms with Crippen molar-refractivity contribution < 1.29 is 0 Å². The Morgan fingerprint density at radius 1 is 1.42 bits per heavy atom. The molecule has 0 radical (unpaired) electrons. The first-order valence-electron chi connectivity index (χ1n) is 7.00. The Morgan fingerprint density at radius 2 is 2.32 bits per heavy atom. The van der Waals surface area contributed by atoms with E-state index in [0.717, 1.165) is 19.4 Å². The summed E-state index contributed by atoms with van der Waals surface area (Å²) in [5.74, 6) is 0. The monoisotopic (exact) mass is 277 g/mol. The molecule has 0 aliphatic carbocycles. The first-order chi connectivity index (χ1) is 9.28. The second-order valence-electron chi connectivity index (χ2n) is 5.05. The molecule has 2 rings (SSSR count). The van der Waals surface area contributed by atoms with Crippen LogP contribution in [0.3, 0.4) is 0 Å². The van der Waals surface area contributed by atoms with Gasteiger partial charge in [-0.2, -0.15) is 16.4 Å². The van der Waals surface area contributed by atoms with Crippen molar-refractivity contribution in [3.05, 3.63) is 40.3 Å². The van der Waals surface area contributed by atoms with Gasteiger partial charge < -0.3 is 5.32 Å². The van der Waals surface area contributed by atoms with Crippen LogP contribution >= 0.6 is 11.3 Å². The van der Waals surface area contributed by atoms with Gasteiger partial charge in [0.2, 0.25) is 0 Å². The van der Waals surface area contributed by atoms with Gasteiger partial charge in [-0.15, -0.1) is 0 Å². The van der Waals surface area contributed by atoms with Crippen molar-refractivity contribution in [2.75, 3.05) is 6.54 Å². The third-order valence-corrected chi connectivity index (χ3v) is 4.02. The van der Waals surface area contributed by atoms with E-state index in [1.54, 1.807) is 11.3 Å². The van der Waals surface area contributed by atoms with Crippen molar-refractivity contribution >= 4 is 11.3 Å². The SMILES string of the molecule is CCCNC(CCc1cnn(C)c1)Cc1ccsc1. The van der Waals surface area contributed by atoms with E-state index in [1.807, 2.05) is 17.9 Å². The summed E-state index contributed by atoms with van der Waals surface area (Å²) in [6.45, 7) is 3.32. The van der Waals surface area contributed by atoms with Crippen LogP contribution in [0.25, 0.3) is 0 Å². The number of hydrogen-bond acceptors (Lipinski definition) is 3. The summed E-state index contributed by atoms with van der Waals surface area (Å²) in [7, 11) is 1.97. The normalized spacial score (nSPS) is 12.7. The highest BCUT2D eigenvalue weighted by molar-refractivity contribution is 7.07. The highest BCUT2D eigenvalue weighted by Gasteiger charge is 2.10. The lowest BCUT2D eigenvalue weighted by molar-refractivity contribution is 0.478. The third kappa shape index (κ3) is 4.80. The summed E-state index contributed by atoms with van der Waals surface area (Å²) in [5, 5.41) is 12.3. The lowest BCUT2D eigenvalue weighted by Crippen LogP contribution is -2.32. The first-order valence-corrected chi connectivity index (χ1v) is 7.94. The fourth-order valence-corrected chi connectivity index (χ4v) is 2.94. The van der Waals surface area contributed by atoms with Gasteiger partial charge in [-0.25, -0.2) is 0 Å². The lowest BCUT2D eigenvalue weighted by atomic mass is 10.0. The molecule has 4 heteroatoms. The molecule has 1 N–H and O–H groups in total. The van der Waals surface area contributed by atoms with Gasteiger partial charge in [-0.3, -0.25) is 4.68 Å². The number of aromatic nitrogens is 2. The Hall–Kier alpha value is -1.13. The van der Waals surface area contributed by atoms with Gasteiger partial charge in [0.25, 0.3) is 0 Å². The molecule has 0 aromatic carbocycles. The maximum Gasteiger partial charge on any atom is 0.0521 e. The summed E-state index contributed by atoms with van der Waals surface area (Å²) in [6.07, 6.45) is 8.67. The van der Waals surface area contributed by atoms with Crippen LogP contribution in [0.5, 0.6) is 0 Å². The van der Waals surface area contributed by atoms with E-state index in [1.165, 1.54) is 24.0 Å². The van der Waals surface area contributed by atoms with Gasteiger partial charge in [-0.05, 0) is 60.2 Å². The molecule has 3 nitrogen and oxygen atoms in total. The zero-order chi connectivity index (χ0) is 13.5. The van der Waals surface area contributed by atoms with Crippen LogP contribution in [0.2, 0.25) is 0 Å². The maximum absolute atomic E-state index is 4.23. The average Bonchev–Trinajstić information content (AvgIpc) is 3.04. The number of thiophene rings is 1. The second kappa shape index (κ2) is 7.46. The zero-order valence-electron chi connectivity index (χ0n) is 11.8. The summed E-state index contributed by atoms with van der Waals surface area (Å²) in [5.41, 5.74) is 2.78. The Morgan fingerprint density at radius 3 is 2.95 bits per heavy atom. The van der Waals surface area contributed by atoms with Gasteiger partial charge in [0.1, 0.15) is 0 Å². The van der Waals surface area contributed by atoms with Crippen LogP contribution in [0.4, 0.5) is 0 Å². The summed E-state index contributed by atoms with van der Waals surface area (Å²) >= 11 is 1.78. The van der Waals surface area contributed by atoms with Crippen molar-refractivity contribution in [3.8, 4) is 0 Å². The van der Waals surface area contributed by atoms with Gasteiger partial charge >= 0.3 is 0 Å². The van der Waals surface area contributed by atoms with Gasteiger partial charge in [-0.1, -0.05) is 6.92 Å². The number of nitrogens with zero attached hydrogens (tertiary/aromatic N) is 2. The minimum absolute atomic E-state index is 0.565. The van der Waals surface area contributed by atoms with E-state index in [0.29, 0.717) is 6.04 Å². The van der Waals surface area contributed by atoms with Crippen LogP contribution < -0.4 is 5.32 Å². The average molecular weight is 277 g/mol. The summed E-state index contributed by atoms with van der Waals surface area (Å²) in [6, 6.07) is 2.80. The molecule has 0 amide bonds. The minimum Gasteiger partial charge on any atom is -0.314 e. The molecule has 1 unspecified atom stereocenters. The van der Waals surface area contributed by atoms with Crippen molar-refractivity contribution in [1.29, 1.82) is 0 Å². The molecule has 1 atom stereocenters. The van der Waals surface area contributed by atoms with E-state index >= 15 is 0 Å². The molecule has 0 bridgehead atoms. The fraction of sp³-hybridized carbons (Fsp3) is 0.533. The number of aryl methyl sites for hydroxylation is 2. The van der Waals surface area contributed by atoms with Crippen LogP contribution in [-0.4, -0.2) is 22.4 Å². The quantitative estimate of drug-likeness (QED) is 0.804. The summed E-state index contributed by atoms with van der Waals surface area (Å²) < 4.78 is 1.88.